The van der Waals surface area contributed by atoms with Crippen LogP contribution in [-0.2, 0) is 6.54 Å². The third kappa shape index (κ3) is 2.24. The van der Waals surface area contributed by atoms with Crippen LogP contribution in [0.25, 0.3) is 0 Å². The highest BCUT2D eigenvalue weighted by Gasteiger charge is 2.38. The summed E-state index contributed by atoms with van der Waals surface area (Å²) in [5.74, 6) is -0.336. The van der Waals surface area contributed by atoms with Gasteiger partial charge in [-0.3, -0.25) is 9.79 Å². The molecule has 0 amide bonds. The molecule has 6 heteroatoms. The summed E-state index contributed by atoms with van der Waals surface area (Å²) in [7, 11) is 0. The normalized spacial score (nSPS) is 26.6. The zero-order chi connectivity index (χ0) is 14.0. The van der Waals surface area contributed by atoms with E-state index in [2.05, 4.69) is 23.3 Å². The van der Waals surface area contributed by atoms with Crippen molar-refractivity contribution >= 4 is 13.0 Å². The summed E-state index contributed by atoms with van der Waals surface area (Å²) in [5.41, 5.74) is 1.72. The number of aldehydes is 1. The largest absolute Gasteiger partial charge is 0.396 e. The molecule has 2 rings (SSSR count). The molecule has 2 N–H and O–H groups in total. The first kappa shape index (κ1) is 13.6. The maximum Gasteiger partial charge on any atom is 0.170 e. The summed E-state index contributed by atoms with van der Waals surface area (Å²) in [6, 6.07) is -0.176. The molecule has 0 saturated heterocycles. The maximum absolute atomic E-state index is 10.9. The number of aromatic nitrogens is 2. The van der Waals surface area contributed by atoms with Gasteiger partial charge in [0.1, 0.15) is 5.69 Å². The van der Waals surface area contributed by atoms with Crippen molar-refractivity contribution in [3.8, 4) is 0 Å². The van der Waals surface area contributed by atoms with Crippen LogP contribution in [0.4, 0.5) is 0 Å². The number of carbonyl (C=O) groups is 1. The zero-order valence-corrected chi connectivity index (χ0v) is 10.6. The smallest absolute Gasteiger partial charge is 0.170 e. The van der Waals surface area contributed by atoms with Gasteiger partial charge in [0, 0.05) is 5.92 Å². The fourth-order valence-electron chi connectivity index (χ4n) is 2.61. The Kier molecular flexibility index (Phi) is 3.92. The van der Waals surface area contributed by atoms with Gasteiger partial charge in [-0.1, -0.05) is 6.58 Å². The molecule has 2 unspecified atom stereocenters. The SMILES string of the molecule is C=NCc1c(C=O)ncn1C1C[C@@H](O)C(CO)C1=C. The average Bonchev–Trinajstić information content (AvgIpc) is 2.91. The lowest BCUT2D eigenvalue weighted by Crippen LogP contribution is -2.17. The Labute approximate surface area is 111 Å². The molecule has 0 aliphatic heterocycles. The predicted octanol–water partition coefficient (Wildman–Crippen LogP) is 0.367. The van der Waals surface area contributed by atoms with Crippen LogP contribution in [0.2, 0.25) is 0 Å². The molecular weight excluding hydrogens is 246 g/mol. The van der Waals surface area contributed by atoms with Gasteiger partial charge in [-0.2, -0.15) is 0 Å². The van der Waals surface area contributed by atoms with Crippen LogP contribution < -0.4 is 0 Å². The molecule has 0 bridgehead atoms. The average molecular weight is 263 g/mol. The summed E-state index contributed by atoms with van der Waals surface area (Å²) in [5, 5.41) is 19.2. The van der Waals surface area contributed by atoms with Gasteiger partial charge in [-0.25, -0.2) is 4.98 Å². The van der Waals surface area contributed by atoms with E-state index in [1.165, 1.54) is 0 Å². The van der Waals surface area contributed by atoms with Gasteiger partial charge in [0.2, 0.25) is 0 Å². The monoisotopic (exact) mass is 263 g/mol. The first-order valence-corrected chi connectivity index (χ1v) is 6.05. The molecular formula is C13H17N3O3. The number of nitrogens with zero attached hydrogens (tertiary/aromatic N) is 3. The number of aliphatic imine (C=N–C) groups is 1. The molecule has 0 spiro atoms. The number of imidazole rings is 1. The van der Waals surface area contributed by atoms with Crippen molar-refractivity contribution in [1.29, 1.82) is 0 Å². The Bertz CT molecular complexity index is 509. The minimum Gasteiger partial charge on any atom is -0.396 e. The zero-order valence-electron chi connectivity index (χ0n) is 10.6. The summed E-state index contributed by atoms with van der Waals surface area (Å²) in [6.45, 7) is 7.51. The van der Waals surface area contributed by atoms with Crippen molar-refractivity contribution in [2.45, 2.75) is 25.1 Å². The van der Waals surface area contributed by atoms with Gasteiger partial charge < -0.3 is 14.8 Å². The Morgan fingerprint density at radius 2 is 2.37 bits per heavy atom. The van der Waals surface area contributed by atoms with E-state index in [4.69, 9.17) is 0 Å². The van der Waals surface area contributed by atoms with E-state index in [1.54, 1.807) is 10.9 Å². The highest BCUT2D eigenvalue weighted by atomic mass is 16.3. The molecule has 1 heterocycles. The van der Waals surface area contributed by atoms with E-state index < -0.39 is 6.10 Å². The minimum atomic E-state index is -0.630. The molecule has 1 aromatic heterocycles. The standard InChI is InChI=1S/C13H17N3O3/c1-8-9(5-17)13(19)3-11(8)16-7-15-10(6-18)12(16)4-14-2/h6-7,9,11,13,17,19H,1-5H2/t9?,11?,13-/m1/s1. The third-order valence-electron chi connectivity index (χ3n) is 3.67. The predicted molar refractivity (Wildman–Crippen MR) is 70.2 cm³/mol. The molecule has 0 aromatic carbocycles. The molecule has 1 aliphatic rings. The second kappa shape index (κ2) is 5.46. The lowest BCUT2D eigenvalue weighted by atomic mass is 10.0. The fourth-order valence-corrected chi connectivity index (χ4v) is 2.61. The van der Waals surface area contributed by atoms with Crippen molar-refractivity contribution in [2.24, 2.45) is 10.9 Å². The van der Waals surface area contributed by atoms with Gasteiger partial charge in [0.15, 0.2) is 6.29 Å². The lowest BCUT2D eigenvalue weighted by Gasteiger charge is -2.17. The molecule has 1 fully saturated rings. The van der Waals surface area contributed by atoms with E-state index in [0.717, 1.165) is 5.57 Å². The minimum absolute atomic E-state index is 0.138. The van der Waals surface area contributed by atoms with Gasteiger partial charge in [-0.05, 0) is 18.7 Å². The molecule has 19 heavy (non-hydrogen) atoms. The number of hydrogen-bond acceptors (Lipinski definition) is 5. The van der Waals surface area contributed by atoms with E-state index in [-0.39, 0.29) is 25.1 Å². The summed E-state index contributed by atoms with van der Waals surface area (Å²) < 4.78 is 1.79. The van der Waals surface area contributed by atoms with Crippen LogP contribution >= 0.6 is 0 Å². The van der Waals surface area contributed by atoms with Crippen LogP contribution in [0.3, 0.4) is 0 Å². The third-order valence-corrected chi connectivity index (χ3v) is 3.67. The van der Waals surface area contributed by atoms with Crippen LogP contribution in [0.1, 0.15) is 28.6 Å². The number of aliphatic hydroxyl groups excluding tert-OH is 2. The highest BCUT2D eigenvalue weighted by Crippen LogP contribution is 2.39. The van der Waals surface area contributed by atoms with Crippen LogP contribution in [-0.4, -0.2) is 45.5 Å². The first-order valence-electron chi connectivity index (χ1n) is 6.05. The van der Waals surface area contributed by atoms with Crippen LogP contribution in [0.15, 0.2) is 23.5 Å². The van der Waals surface area contributed by atoms with Crippen molar-refractivity contribution in [1.82, 2.24) is 9.55 Å². The molecule has 3 atom stereocenters. The Morgan fingerprint density at radius 1 is 1.63 bits per heavy atom. The molecule has 6 nitrogen and oxygen atoms in total. The van der Waals surface area contributed by atoms with Gasteiger partial charge in [-0.15, -0.1) is 0 Å². The molecule has 1 aromatic rings. The van der Waals surface area contributed by atoms with Gasteiger partial charge >= 0.3 is 0 Å². The quantitative estimate of drug-likeness (QED) is 0.456. The number of carbonyl (C=O) groups excluding carboxylic acids is 1. The van der Waals surface area contributed by atoms with Crippen molar-refractivity contribution in [3.05, 3.63) is 29.9 Å². The maximum atomic E-state index is 10.9. The Morgan fingerprint density at radius 3 is 2.89 bits per heavy atom. The molecule has 1 aliphatic carbocycles. The molecule has 0 radical (unpaired) electrons. The Balaban J connectivity index is 2.37. The first-order chi connectivity index (χ1) is 9.13. The lowest BCUT2D eigenvalue weighted by molar-refractivity contribution is 0.101. The van der Waals surface area contributed by atoms with Crippen molar-refractivity contribution in [2.75, 3.05) is 6.61 Å². The van der Waals surface area contributed by atoms with E-state index in [0.29, 0.717) is 24.1 Å². The number of rotatable bonds is 5. The van der Waals surface area contributed by atoms with Gasteiger partial charge in [0.25, 0.3) is 0 Å². The fraction of sp³-hybridized carbons (Fsp3) is 0.462. The molecule has 102 valence electrons. The van der Waals surface area contributed by atoms with Crippen LogP contribution in [0, 0.1) is 5.92 Å². The Hall–Kier alpha value is -1.79. The van der Waals surface area contributed by atoms with Crippen LogP contribution in [0.5, 0.6) is 0 Å². The van der Waals surface area contributed by atoms with Gasteiger partial charge in [0.05, 0.1) is 37.3 Å². The summed E-state index contributed by atoms with van der Waals surface area (Å²) in [6.07, 6.45) is 2.04. The number of aliphatic hydroxyl groups is 2. The van der Waals surface area contributed by atoms with E-state index in [9.17, 15) is 15.0 Å². The second-order valence-electron chi connectivity index (χ2n) is 4.67. The highest BCUT2D eigenvalue weighted by molar-refractivity contribution is 5.73. The topological polar surface area (TPSA) is 87.7 Å². The number of hydrogen-bond donors (Lipinski definition) is 2. The van der Waals surface area contributed by atoms with E-state index >= 15 is 0 Å². The van der Waals surface area contributed by atoms with E-state index in [1.807, 2.05) is 0 Å². The summed E-state index contributed by atoms with van der Waals surface area (Å²) in [4.78, 5) is 18.8. The van der Waals surface area contributed by atoms with Crippen molar-refractivity contribution < 1.29 is 15.0 Å². The second-order valence-corrected chi connectivity index (χ2v) is 4.67. The summed E-state index contributed by atoms with van der Waals surface area (Å²) >= 11 is 0. The molecule has 1 saturated carbocycles. The van der Waals surface area contributed by atoms with Crippen molar-refractivity contribution in [3.63, 3.8) is 0 Å².